The van der Waals surface area contributed by atoms with Crippen LogP contribution in [0.2, 0.25) is 0 Å². The van der Waals surface area contributed by atoms with E-state index in [-0.39, 0.29) is 27.1 Å². The van der Waals surface area contributed by atoms with Crippen LogP contribution in [0.5, 0.6) is 11.5 Å². The lowest BCUT2D eigenvalue weighted by atomic mass is 9.69. The maximum atomic E-state index is 6.80. The lowest BCUT2D eigenvalue weighted by Gasteiger charge is -2.37. The van der Waals surface area contributed by atoms with Gasteiger partial charge in [-0.25, -0.2) is 0 Å². The third-order valence-electron chi connectivity index (χ3n) is 10.9. The van der Waals surface area contributed by atoms with Crippen LogP contribution in [0.15, 0.2) is 24.3 Å². The zero-order valence-corrected chi connectivity index (χ0v) is 34.4. The first kappa shape index (κ1) is 39.7. The topological polar surface area (TPSA) is 43.5 Å². The summed E-state index contributed by atoms with van der Waals surface area (Å²) >= 11 is 0. The molecule has 2 aromatic rings. The Morgan fingerprint density at radius 3 is 1.02 bits per heavy atom. The van der Waals surface area contributed by atoms with E-state index in [2.05, 4.69) is 135 Å². The van der Waals surface area contributed by atoms with Crippen molar-refractivity contribution in [3.05, 3.63) is 57.6 Å². The largest absolute Gasteiger partial charge is 0.493 e. The van der Waals surface area contributed by atoms with Crippen LogP contribution in [-0.4, -0.2) is 38.6 Å². The number of benzene rings is 2. The van der Waals surface area contributed by atoms with Crippen molar-refractivity contribution in [2.45, 2.75) is 176 Å². The van der Waals surface area contributed by atoms with Gasteiger partial charge in [-0.2, -0.15) is 0 Å². The summed E-state index contributed by atoms with van der Waals surface area (Å²) in [5, 5.41) is 0. The normalized spacial score (nSPS) is 19.8. The van der Waals surface area contributed by atoms with Crippen LogP contribution in [0.4, 0.5) is 0 Å². The monoisotopic (exact) mass is 677 g/mol. The van der Waals surface area contributed by atoms with E-state index in [9.17, 15) is 0 Å². The summed E-state index contributed by atoms with van der Waals surface area (Å²) in [5.41, 5.74) is 7.26. The molecule has 276 valence electrons. The molecule has 2 aliphatic rings. The first-order valence-electron chi connectivity index (χ1n) is 19.3. The molecule has 49 heavy (non-hydrogen) atoms. The van der Waals surface area contributed by atoms with E-state index in [0.29, 0.717) is 24.0 Å². The number of ether oxygens (including phenoxy) is 4. The molecule has 0 bridgehead atoms. The van der Waals surface area contributed by atoms with Gasteiger partial charge < -0.3 is 18.9 Å². The molecule has 2 aliphatic heterocycles. The average Bonchev–Trinajstić information content (AvgIpc) is 3.88. The van der Waals surface area contributed by atoms with Crippen molar-refractivity contribution >= 4 is 0 Å². The second-order valence-corrected chi connectivity index (χ2v) is 20.1. The van der Waals surface area contributed by atoms with Gasteiger partial charge in [0, 0.05) is 27.7 Å². The maximum Gasteiger partial charge on any atom is 0.126 e. The van der Waals surface area contributed by atoms with Gasteiger partial charge in [0.15, 0.2) is 0 Å². The molecule has 2 aromatic carbocycles. The van der Waals surface area contributed by atoms with Crippen LogP contribution in [0, 0.1) is 11.8 Å². The van der Waals surface area contributed by atoms with Gasteiger partial charge in [0.05, 0.1) is 38.6 Å². The summed E-state index contributed by atoms with van der Waals surface area (Å²) in [6.07, 6.45) is 5.24. The molecular formula is C45H72O4. The second kappa shape index (κ2) is 14.5. The van der Waals surface area contributed by atoms with Gasteiger partial charge in [-0.3, -0.25) is 0 Å². The van der Waals surface area contributed by atoms with E-state index in [1.165, 1.54) is 33.4 Å². The van der Waals surface area contributed by atoms with Gasteiger partial charge in [-0.05, 0) is 70.3 Å². The molecule has 0 saturated carbocycles. The van der Waals surface area contributed by atoms with Crippen molar-refractivity contribution in [1.29, 1.82) is 0 Å². The Kier molecular flexibility index (Phi) is 11.8. The van der Waals surface area contributed by atoms with Crippen LogP contribution < -0.4 is 9.47 Å². The number of hydrogen-bond donors (Lipinski definition) is 0. The van der Waals surface area contributed by atoms with Gasteiger partial charge in [-0.15, -0.1) is 0 Å². The third kappa shape index (κ3) is 10.1. The van der Waals surface area contributed by atoms with E-state index in [1.807, 2.05) is 0 Å². The molecule has 4 rings (SSSR count). The zero-order chi connectivity index (χ0) is 36.7. The number of rotatable bonds is 14. The molecule has 2 heterocycles. The van der Waals surface area contributed by atoms with Crippen molar-refractivity contribution in [2.24, 2.45) is 11.8 Å². The van der Waals surface area contributed by atoms with Crippen LogP contribution in [0.3, 0.4) is 0 Å². The first-order valence-corrected chi connectivity index (χ1v) is 19.3. The Balaban J connectivity index is 1.77. The van der Waals surface area contributed by atoms with Crippen molar-refractivity contribution in [3.63, 3.8) is 0 Å². The highest BCUT2D eigenvalue weighted by Crippen LogP contribution is 2.48. The highest BCUT2D eigenvalue weighted by Gasteiger charge is 2.36. The number of epoxide rings is 2. The molecule has 0 spiro atoms. The molecular weight excluding hydrogens is 604 g/mol. The van der Waals surface area contributed by atoms with Crippen LogP contribution in [0.25, 0.3) is 0 Å². The minimum absolute atomic E-state index is 0.0788. The lowest BCUT2D eigenvalue weighted by molar-refractivity contribution is 0.266. The molecule has 2 saturated heterocycles. The summed E-state index contributed by atoms with van der Waals surface area (Å²) in [6, 6.07) is 9.81. The molecule has 4 unspecified atom stereocenters. The predicted octanol–water partition coefficient (Wildman–Crippen LogP) is 11.6. The van der Waals surface area contributed by atoms with Crippen molar-refractivity contribution in [3.8, 4) is 11.5 Å². The zero-order valence-electron chi connectivity index (χ0n) is 34.4. The fourth-order valence-corrected chi connectivity index (χ4v) is 6.98. The molecule has 4 heteroatoms. The summed E-state index contributed by atoms with van der Waals surface area (Å²) < 4.78 is 24.7. The molecule has 0 N–H and O–H groups in total. The summed E-state index contributed by atoms with van der Waals surface area (Å²) in [4.78, 5) is 0. The molecule has 0 radical (unpaired) electrons. The molecule has 0 amide bonds. The van der Waals surface area contributed by atoms with E-state index in [0.717, 1.165) is 63.6 Å². The van der Waals surface area contributed by atoms with Gasteiger partial charge >= 0.3 is 0 Å². The smallest absolute Gasteiger partial charge is 0.126 e. The second-order valence-electron chi connectivity index (χ2n) is 20.1. The van der Waals surface area contributed by atoms with Crippen molar-refractivity contribution in [2.75, 3.05) is 26.4 Å². The summed E-state index contributed by atoms with van der Waals surface area (Å²) in [7, 11) is 0. The van der Waals surface area contributed by atoms with E-state index in [1.54, 1.807) is 0 Å². The summed E-state index contributed by atoms with van der Waals surface area (Å²) in [5.74, 6) is 3.34. The molecule has 2 fully saturated rings. The Bertz CT molecular complexity index is 1240. The Hall–Kier alpha value is -2.04. The first-order chi connectivity index (χ1) is 22.4. The van der Waals surface area contributed by atoms with Crippen molar-refractivity contribution < 1.29 is 18.9 Å². The average molecular weight is 677 g/mol. The molecule has 4 atom stereocenters. The van der Waals surface area contributed by atoms with Crippen molar-refractivity contribution in [1.82, 2.24) is 0 Å². The maximum absolute atomic E-state index is 6.80. The van der Waals surface area contributed by atoms with E-state index < -0.39 is 0 Å². The minimum atomic E-state index is -0.254. The van der Waals surface area contributed by atoms with Crippen LogP contribution in [-0.2, 0) is 36.5 Å². The summed E-state index contributed by atoms with van der Waals surface area (Å²) in [6.45, 7) is 40.6. The molecule has 0 aromatic heterocycles. The van der Waals surface area contributed by atoms with Crippen LogP contribution in [0.1, 0.15) is 170 Å². The fraction of sp³-hybridized carbons (Fsp3) is 0.733. The Morgan fingerprint density at radius 1 is 0.531 bits per heavy atom. The standard InChI is InChI=1S/C45H72O4/c1-29(37-27-48-37)19-17-21-46-39-33(41(3,4)5)23-31(24-34(39)42(6,7)8)45(15,16)32-25-35(43(9,10)11)40(36(26-32)44(12,13)14)47-22-18-20-30(2)38-28-49-38/h23-26,29-30,37-38H,17-22,27-28H2,1-16H3. The Morgan fingerprint density at radius 2 is 0.796 bits per heavy atom. The Labute approximate surface area is 301 Å². The SMILES string of the molecule is CC(CCCOc1c(C(C)(C)C)cc(C(C)(C)c2cc(C(C)(C)C)c(OCCCC(C)C3CO3)c(C(C)(C)C)c2)cc1C(C)(C)C)C1CO1. The van der Waals surface area contributed by atoms with Crippen LogP contribution >= 0.6 is 0 Å². The van der Waals surface area contributed by atoms with Gasteiger partial charge in [0.2, 0.25) is 0 Å². The number of hydrogen-bond acceptors (Lipinski definition) is 4. The third-order valence-corrected chi connectivity index (χ3v) is 10.9. The predicted molar refractivity (Wildman–Crippen MR) is 207 cm³/mol. The minimum Gasteiger partial charge on any atom is -0.493 e. The fourth-order valence-electron chi connectivity index (χ4n) is 6.98. The van der Waals surface area contributed by atoms with Gasteiger partial charge in [-0.1, -0.05) is 135 Å². The lowest BCUT2D eigenvalue weighted by Crippen LogP contribution is -2.27. The van der Waals surface area contributed by atoms with Gasteiger partial charge in [0.25, 0.3) is 0 Å². The molecule has 0 aliphatic carbocycles. The van der Waals surface area contributed by atoms with E-state index >= 15 is 0 Å². The van der Waals surface area contributed by atoms with Gasteiger partial charge in [0.1, 0.15) is 11.5 Å². The van der Waals surface area contributed by atoms with E-state index in [4.69, 9.17) is 18.9 Å². The quantitative estimate of drug-likeness (QED) is 0.148. The highest BCUT2D eigenvalue weighted by atomic mass is 16.6. The highest BCUT2D eigenvalue weighted by molar-refractivity contribution is 5.57. The molecule has 4 nitrogen and oxygen atoms in total.